The molecule has 1 atom stereocenters. The second-order valence-electron chi connectivity index (χ2n) is 4.07. The van der Waals surface area contributed by atoms with E-state index < -0.39 is 0 Å². The number of nitrogens with zero attached hydrogens (tertiary/aromatic N) is 3. The molecule has 0 aliphatic heterocycles. The Morgan fingerprint density at radius 1 is 1.39 bits per heavy atom. The van der Waals surface area contributed by atoms with Gasteiger partial charge in [-0.1, -0.05) is 17.4 Å². The molecule has 0 saturated heterocycles. The summed E-state index contributed by atoms with van der Waals surface area (Å²) < 4.78 is 12.0. The largest absolute Gasteiger partial charge is 0.388 e. The minimum absolute atomic E-state index is 0.187. The maximum Gasteiger partial charge on any atom is 0.143 e. The van der Waals surface area contributed by atoms with E-state index in [1.54, 1.807) is 14.2 Å². The minimum atomic E-state index is 0.187. The first-order valence-electron chi connectivity index (χ1n) is 5.83. The van der Waals surface area contributed by atoms with Crippen LogP contribution in [-0.4, -0.2) is 47.4 Å². The van der Waals surface area contributed by atoms with Crippen molar-refractivity contribution < 1.29 is 9.47 Å². The Morgan fingerprint density at radius 3 is 2.61 bits per heavy atom. The number of rotatable bonds is 8. The summed E-state index contributed by atoms with van der Waals surface area (Å²) in [5.41, 5.74) is 7.16. The van der Waals surface area contributed by atoms with Crippen molar-refractivity contribution in [2.24, 2.45) is 5.73 Å². The van der Waals surface area contributed by atoms with Gasteiger partial charge in [0.05, 0.1) is 18.3 Å². The van der Waals surface area contributed by atoms with Gasteiger partial charge < -0.3 is 15.2 Å². The van der Waals surface area contributed by atoms with Gasteiger partial charge in [0.2, 0.25) is 0 Å². The van der Waals surface area contributed by atoms with Crippen LogP contribution in [0, 0.1) is 0 Å². The number of thiocarbonyl (C=S) groups is 1. The number of methoxy groups -OCH3 is 2. The fourth-order valence-corrected chi connectivity index (χ4v) is 1.86. The molecule has 0 aliphatic carbocycles. The molecule has 0 bridgehead atoms. The quantitative estimate of drug-likeness (QED) is 0.702. The van der Waals surface area contributed by atoms with Crippen molar-refractivity contribution >= 4 is 17.2 Å². The van der Waals surface area contributed by atoms with Crippen molar-refractivity contribution in [2.45, 2.75) is 25.8 Å². The molecule has 0 amide bonds. The van der Waals surface area contributed by atoms with Crippen LogP contribution in [0.25, 0.3) is 0 Å². The SMILES string of the molecule is COCCc1c(C(N)=S)nnn1C(C)CCOC. The lowest BCUT2D eigenvalue weighted by Crippen LogP contribution is -2.18. The van der Waals surface area contributed by atoms with Crippen molar-refractivity contribution in [1.82, 2.24) is 15.0 Å². The van der Waals surface area contributed by atoms with Crippen LogP contribution in [0.3, 0.4) is 0 Å². The van der Waals surface area contributed by atoms with Crippen molar-refractivity contribution in [3.8, 4) is 0 Å². The fourth-order valence-electron chi connectivity index (χ4n) is 1.70. The van der Waals surface area contributed by atoms with Gasteiger partial charge in [0, 0.05) is 27.2 Å². The highest BCUT2D eigenvalue weighted by Crippen LogP contribution is 2.16. The van der Waals surface area contributed by atoms with Crippen LogP contribution in [0.2, 0.25) is 0 Å². The molecule has 102 valence electrons. The Balaban J connectivity index is 2.92. The van der Waals surface area contributed by atoms with Crippen LogP contribution < -0.4 is 5.73 Å². The first kappa shape index (κ1) is 15.0. The van der Waals surface area contributed by atoms with E-state index in [0.29, 0.717) is 25.3 Å². The number of hydrogen-bond acceptors (Lipinski definition) is 5. The van der Waals surface area contributed by atoms with Crippen LogP contribution in [-0.2, 0) is 15.9 Å². The van der Waals surface area contributed by atoms with Gasteiger partial charge in [-0.2, -0.15) is 0 Å². The van der Waals surface area contributed by atoms with E-state index in [1.165, 1.54) is 0 Å². The van der Waals surface area contributed by atoms with E-state index in [4.69, 9.17) is 27.4 Å². The van der Waals surface area contributed by atoms with Gasteiger partial charge in [-0.15, -0.1) is 5.10 Å². The average molecular weight is 272 g/mol. The summed E-state index contributed by atoms with van der Waals surface area (Å²) in [5.74, 6) is 0. The highest BCUT2D eigenvalue weighted by atomic mass is 32.1. The van der Waals surface area contributed by atoms with Crippen LogP contribution in [0.4, 0.5) is 0 Å². The zero-order valence-corrected chi connectivity index (χ0v) is 11.9. The van der Waals surface area contributed by atoms with E-state index in [2.05, 4.69) is 17.2 Å². The Morgan fingerprint density at radius 2 is 2.06 bits per heavy atom. The third-order valence-corrected chi connectivity index (χ3v) is 2.92. The molecule has 2 N–H and O–H groups in total. The van der Waals surface area contributed by atoms with Crippen molar-refractivity contribution in [3.63, 3.8) is 0 Å². The molecule has 0 aromatic carbocycles. The molecule has 0 radical (unpaired) electrons. The molecule has 6 nitrogen and oxygen atoms in total. The summed E-state index contributed by atoms with van der Waals surface area (Å²) in [6.45, 7) is 3.32. The molecule has 0 spiro atoms. The zero-order valence-electron chi connectivity index (χ0n) is 11.0. The summed E-state index contributed by atoms with van der Waals surface area (Å²) in [5, 5.41) is 8.18. The highest BCUT2D eigenvalue weighted by Gasteiger charge is 2.18. The van der Waals surface area contributed by atoms with Gasteiger partial charge in [0.25, 0.3) is 0 Å². The van der Waals surface area contributed by atoms with Gasteiger partial charge in [0.1, 0.15) is 10.7 Å². The monoisotopic (exact) mass is 272 g/mol. The predicted octanol–water partition coefficient (Wildman–Crippen LogP) is 0.699. The van der Waals surface area contributed by atoms with Crippen LogP contribution in [0.5, 0.6) is 0 Å². The van der Waals surface area contributed by atoms with Crippen LogP contribution in [0.15, 0.2) is 0 Å². The van der Waals surface area contributed by atoms with Gasteiger partial charge in [-0.05, 0) is 13.3 Å². The molecular weight excluding hydrogens is 252 g/mol. The summed E-state index contributed by atoms with van der Waals surface area (Å²) in [6, 6.07) is 0.187. The number of ether oxygens (including phenoxy) is 2. The molecule has 1 heterocycles. The molecular formula is C11H20N4O2S. The van der Waals surface area contributed by atoms with E-state index in [1.807, 2.05) is 4.68 Å². The lowest BCUT2D eigenvalue weighted by atomic mass is 10.2. The molecule has 1 aromatic heterocycles. The summed E-state index contributed by atoms with van der Waals surface area (Å²) in [7, 11) is 3.34. The zero-order chi connectivity index (χ0) is 13.5. The minimum Gasteiger partial charge on any atom is -0.388 e. The maximum absolute atomic E-state index is 5.65. The van der Waals surface area contributed by atoms with Crippen LogP contribution >= 0.6 is 12.2 Å². The lowest BCUT2D eigenvalue weighted by Gasteiger charge is -2.14. The maximum atomic E-state index is 5.65. The highest BCUT2D eigenvalue weighted by molar-refractivity contribution is 7.80. The average Bonchev–Trinajstić information content (AvgIpc) is 2.77. The van der Waals surface area contributed by atoms with E-state index >= 15 is 0 Å². The third-order valence-electron chi connectivity index (χ3n) is 2.72. The molecule has 0 saturated carbocycles. The second kappa shape index (κ2) is 7.40. The van der Waals surface area contributed by atoms with Crippen LogP contribution in [0.1, 0.15) is 30.8 Å². The number of nitrogens with two attached hydrogens (primary N) is 1. The smallest absolute Gasteiger partial charge is 0.143 e. The van der Waals surface area contributed by atoms with Crippen molar-refractivity contribution in [1.29, 1.82) is 0 Å². The van der Waals surface area contributed by atoms with Gasteiger partial charge in [0.15, 0.2) is 0 Å². The van der Waals surface area contributed by atoms with E-state index in [-0.39, 0.29) is 11.0 Å². The Bertz CT molecular complexity index is 394. The molecule has 18 heavy (non-hydrogen) atoms. The number of aromatic nitrogens is 3. The Labute approximate surface area is 112 Å². The molecule has 7 heteroatoms. The van der Waals surface area contributed by atoms with E-state index in [9.17, 15) is 0 Å². The summed E-state index contributed by atoms with van der Waals surface area (Å²) >= 11 is 4.98. The van der Waals surface area contributed by atoms with Gasteiger partial charge >= 0.3 is 0 Å². The van der Waals surface area contributed by atoms with Crippen molar-refractivity contribution in [2.75, 3.05) is 27.4 Å². The molecule has 1 unspecified atom stereocenters. The summed E-state index contributed by atoms with van der Waals surface area (Å²) in [4.78, 5) is 0.270. The Kier molecular flexibility index (Phi) is 6.17. The first-order valence-corrected chi connectivity index (χ1v) is 6.24. The summed E-state index contributed by atoms with van der Waals surface area (Å²) in [6.07, 6.45) is 1.55. The molecule has 0 aliphatic rings. The van der Waals surface area contributed by atoms with E-state index in [0.717, 1.165) is 12.1 Å². The van der Waals surface area contributed by atoms with Gasteiger partial charge in [-0.25, -0.2) is 4.68 Å². The second-order valence-corrected chi connectivity index (χ2v) is 4.51. The normalized spacial score (nSPS) is 12.6. The lowest BCUT2D eigenvalue weighted by molar-refractivity contribution is 0.175. The standard InChI is InChI=1S/C11H20N4O2S/c1-8(4-6-16-2)15-9(5-7-17-3)10(11(12)18)13-14-15/h8H,4-7H2,1-3H3,(H2,12,18). The van der Waals surface area contributed by atoms with Crippen molar-refractivity contribution in [3.05, 3.63) is 11.4 Å². The number of hydrogen-bond donors (Lipinski definition) is 1. The molecule has 0 fully saturated rings. The first-order chi connectivity index (χ1) is 8.61. The molecule has 1 aromatic rings. The van der Waals surface area contributed by atoms with Gasteiger partial charge in [-0.3, -0.25) is 0 Å². The predicted molar refractivity (Wildman–Crippen MR) is 72.7 cm³/mol. The topological polar surface area (TPSA) is 75.2 Å². The Hall–Kier alpha value is -1.05. The third kappa shape index (κ3) is 3.72. The fraction of sp³-hybridized carbons (Fsp3) is 0.727. The molecule has 1 rings (SSSR count).